The summed E-state index contributed by atoms with van der Waals surface area (Å²) in [5.74, 6) is -1.82. The third-order valence-electron chi connectivity index (χ3n) is 7.08. The molecule has 0 spiro atoms. The molecule has 10 heteroatoms. The fourth-order valence-corrected chi connectivity index (χ4v) is 6.54. The monoisotopic (exact) mass is 529 g/mol. The quantitative estimate of drug-likeness (QED) is 0.535. The first-order chi connectivity index (χ1) is 17.7. The number of hydrogen-bond acceptors (Lipinski definition) is 5. The summed E-state index contributed by atoms with van der Waals surface area (Å²) < 4.78 is 40.8. The maximum atomic E-state index is 14.4. The minimum absolute atomic E-state index is 0.0412. The largest absolute Gasteiger partial charge is 0.352 e. The van der Waals surface area contributed by atoms with E-state index in [1.165, 1.54) is 23.1 Å². The van der Waals surface area contributed by atoms with Gasteiger partial charge in [-0.2, -0.15) is 0 Å². The molecular formula is C27H32FN3O5S. The molecule has 8 nitrogen and oxygen atoms in total. The summed E-state index contributed by atoms with van der Waals surface area (Å²) in [7, 11) is -3.97. The zero-order valence-corrected chi connectivity index (χ0v) is 21.7. The number of nitrogens with zero attached hydrogens (tertiary/aromatic N) is 2. The molecule has 0 aromatic heterocycles. The van der Waals surface area contributed by atoms with E-state index in [0.29, 0.717) is 0 Å². The van der Waals surface area contributed by atoms with Crippen molar-refractivity contribution in [2.45, 2.75) is 75.4 Å². The Morgan fingerprint density at radius 2 is 1.76 bits per heavy atom. The van der Waals surface area contributed by atoms with Crippen molar-refractivity contribution in [3.8, 4) is 0 Å². The summed E-state index contributed by atoms with van der Waals surface area (Å²) in [6, 6.07) is 11.3. The van der Waals surface area contributed by atoms with Crippen LogP contribution in [0.1, 0.15) is 67.8 Å². The van der Waals surface area contributed by atoms with Gasteiger partial charge in [0.1, 0.15) is 16.8 Å². The Balaban J connectivity index is 1.44. The second kappa shape index (κ2) is 11.4. The lowest BCUT2D eigenvalue weighted by Gasteiger charge is -2.31. The van der Waals surface area contributed by atoms with Gasteiger partial charge in [0.25, 0.3) is 15.9 Å². The highest BCUT2D eigenvalue weighted by molar-refractivity contribution is 7.90. The number of nitrogens with one attached hydrogen (secondary N) is 1. The molecule has 2 aromatic rings. The second-order valence-corrected chi connectivity index (χ2v) is 11.4. The first-order valence-corrected chi connectivity index (χ1v) is 14.1. The minimum atomic E-state index is -3.97. The van der Waals surface area contributed by atoms with Gasteiger partial charge in [-0.25, -0.2) is 17.1 Å². The predicted octanol–water partition coefficient (Wildman–Crippen LogP) is 3.62. The van der Waals surface area contributed by atoms with Crippen LogP contribution in [0.4, 0.5) is 4.39 Å². The smallest absolute Gasteiger partial charge is 0.269 e. The highest BCUT2D eigenvalue weighted by Crippen LogP contribution is 2.30. The van der Waals surface area contributed by atoms with Gasteiger partial charge in [-0.05, 0) is 44.4 Å². The average Bonchev–Trinajstić information content (AvgIpc) is 3.09. The molecule has 198 valence electrons. The number of hydrogen-bond donors (Lipinski definition) is 1. The molecule has 2 aliphatic rings. The van der Waals surface area contributed by atoms with Crippen LogP contribution in [0.25, 0.3) is 0 Å². The van der Waals surface area contributed by atoms with Gasteiger partial charge in [-0.3, -0.25) is 14.4 Å². The molecule has 0 bridgehead atoms. The summed E-state index contributed by atoms with van der Waals surface area (Å²) in [4.78, 5) is 40.3. The molecule has 0 saturated heterocycles. The molecule has 1 saturated carbocycles. The number of fused-ring (bicyclic) bond motifs is 1. The van der Waals surface area contributed by atoms with Crippen LogP contribution >= 0.6 is 0 Å². The molecule has 1 aliphatic carbocycles. The third-order valence-corrected chi connectivity index (χ3v) is 8.92. The van der Waals surface area contributed by atoms with Gasteiger partial charge in [0.05, 0.1) is 5.56 Å². The van der Waals surface area contributed by atoms with E-state index in [9.17, 15) is 27.2 Å². The molecule has 4 rings (SSSR count). The number of carbonyl (C=O) groups is 3. The van der Waals surface area contributed by atoms with Gasteiger partial charge in [0.15, 0.2) is 0 Å². The summed E-state index contributed by atoms with van der Waals surface area (Å²) in [6.07, 6.45) is 4.97. The molecule has 1 aliphatic heterocycles. The molecule has 0 radical (unpaired) electrons. The average molecular weight is 530 g/mol. The first kappa shape index (κ1) is 26.8. The molecule has 1 N–H and O–H groups in total. The Morgan fingerprint density at radius 3 is 2.46 bits per heavy atom. The van der Waals surface area contributed by atoms with Gasteiger partial charge in [-0.15, -0.1) is 0 Å². The number of amides is 3. The number of rotatable bonds is 9. The van der Waals surface area contributed by atoms with Crippen LogP contribution < -0.4 is 5.32 Å². The second-order valence-electron chi connectivity index (χ2n) is 9.61. The fourth-order valence-electron chi connectivity index (χ4n) is 4.93. The van der Waals surface area contributed by atoms with E-state index >= 15 is 0 Å². The van der Waals surface area contributed by atoms with Crippen LogP contribution in [-0.4, -0.2) is 54.0 Å². The highest BCUT2D eigenvalue weighted by Gasteiger charge is 2.40. The molecule has 0 unspecified atom stereocenters. The van der Waals surface area contributed by atoms with Crippen molar-refractivity contribution >= 4 is 27.7 Å². The zero-order valence-electron chi connectivity index (χ0n) is 20.9. The van der Waals surface area contributed by atoms with E-state index in [0.717, 1.165) is 36.4 Å². The van der Waals surface area contributed by atoms with Crippen LogP contribution in [0, 0.1) is 5.82 Å². The van der Waals surface area contributed by atoms with E-state index in [4.69, 9.17) is 0 Å². The van der Waals surface area contributed by atoms with Crippen molar-refractivity contribution in [1.82, 2.24) is 14.5 Å². The number of sulfonamides is 1. The Hall–Kier alpha value is -3.27. The van der Waals surface area contributed by atoms with Crippen molar-refractivity contribution in [3.05, 3.63) is 65.5 Å². The maximum Gasteiger partial charge on any atom is 0.269 e. The topological polar surface area (TPSA) is 104 Å². The zero-order chi connectivity index (χ0) is 26.6. The van der Waals surface area contributed by atoms with Crippen LogP contribution in [0.5, 0.6) is 0 Å². The van der Waals surface area contributed by atoms with Crippen LogP contribution in [0.2, 0.25) is 0 Å². The van der Waals surface area contributed by atoms with Crippen LogP contribution in [0.3, 0.4) is 0 Å². The number of benzene rings is 2. The first-order valence-electron chi connectivity index (χ1n) is 12.7. The van der Waals surface area contributed by atoms with Crippen molar-refractivity contribution in [1.29, 1.82) is 0 Å². The lowest BCUT2D eigenvalue weighted by molar-refractivity contribution is -0.141. The molecule has 1 heterocycles. The molecule has 3 amide bonds. The minimum Gasteiger partial charge on any atom is -0.352 e. The molecule has 1 atom stereocenters. The Bertz CT molecular complexity index is 1280. The van der Waals surface area contributed by atoms with E-state index in [-0.39, 0.29) is 53.9 Å². The van der Waals surface area contributed by atoms with Gasteiger partial charge in [0, 0.05) is 31.1 Å². The van der Waals surface area contributed by atoms with E-state index in [2.05, 4.69) is 5.32 Å². The van der Waals surface area contributed by atoms with E-state index in [1.54, 1.807) is 37.3 Å². The fraction of sp³-hybridized carbons (Fsp3) is 0.444. The lowest BCUT2D eigenvalue weighted by atomic mass is 9.95. The van der Waals surface area contributed by atoms with Gasteiger partial charge < -0.3 is 10.2 Å². The van der Waals surface area contributed by atoms with Gasteiger partial charge in [0.2, 0.25) is 11.8 Å². The van der Waals surface area contributed by atoms with Crippen molar-refractivity contribution < 1.29 is 27.2 Å². The van der Waals surface area contributed by atoms with Gasteiger partial charge >= 0.3 is 0 Å². The van der Waals surface area contributed by atoms with Crippen molar-refractivity contribution in [3.63, 3.8) is 0 Å². The standard InChI is InChI=1S/C27H32FN3O5S/c1-19(26(33)29-21-11-3-2-4-12-21)30(18-20-10-5-7-14-23(20)28)25(32)16-9-17-31-27(34)22-13-6-8-15-24(22)37(31,35)36/h5-8,10,13-15,19,21H,2-4,9,11-12,16-18H2,1H3,(H,29,33)/t19-/m1/s1. The molecular weight excluding hydrogens is 497 g/mol. The number of carbonyl (C=O) groups excluding carboxylic acids is 3. The predicted molar refractivity (Wildman–Crippen MR) is 135 cm³/mol. The summed E-state index contributed by atoms with van der Waals surface area (Å²) in [6.45, 7) is 1.34. The number of halogens is 1. The summed E-state index contributed by atoms with van der Waals surface area (Å²) in [5, 5.41) is 3.02. The normalized spacial score (nSPS) is 17.8. The Kier molecular flexibility index (Phi) is 8.26. The molecule has 1 fully saturated rings. The van der Waals surface area contributed by atoms with Crippen LogP contribution in [-0.2, 0) is 26.2 Å². The van der Waals surface area contributed by atoms with E-state index < -0.39 is 33.7 Å². The van der Waals surface area contributed by atoms with Crippen molar-refractivity contribution in [2.75, 3.05) is 6.54 Å². The van der Waals surface area contributed by atoms with E-state index in [1.807, 2.05) is 0 Å². The Morgan fingerprint density at radius 1 is 1.08 bits per heavy atom. The van der Waals surface area contributed by atoms with Crippen LogP contribution in [0.15, 0.2) is 53.4 Å². The lowest BCUT2D eigenvalue weighted by Crippen LogP contribution is -2.50. The highest BCUT2D eigenvalue weighted by atomic mass is 32.2. The summed E-state index contributed by atoms with van der Waals surface area (Å²) >= 11 is 0. The maximum absolute atomic E-state index is 14.4. The summed E-state index contributed by atoms with van der Waals surface area (Å²) in [5.41, 5.74) is 0.393. The van der Waals surface area contributed by atoms with Gasteiger partial charge in [-0.1, -0.05) is 49.6 Å². The molecule has 37 heavy (non-hydrogen) atoms. The Labute approximate surface area is 216 Å². The third kappa shape index (κ3) is 5.84. The molecule has 2 aromatic carbocycles. The van der Waals surface area contributed by atoms with Crippen molar-refractivity contribution in [2.24, 2.45) is 0 Å². The SMILES string of the molecule is C[C@H](C(=O)NC1CCCCC1)N(Cc1ccccc1F)C(=O)CCCN1C(=O)c2ccccc2S1(=O)=O.